The minimum Gasteiger partial charge on any atom is -0.285 e. The lowest BCUT2D eigenvalue weighted by Crippen LogP contribution is -2.29. The zero-order valence-electron chi connectivity index (χ0n) is 15.7. The lowest BCUT2D eigenvalue weighted by atomic mass is 9.64. The largest absolute Gasteiger partial charge is 0.285 e. The van der Waals surface area contributed by atoms with E-state index in [9.17, 15) is 0 Å². The van der Waals surface area contributed by atoms with Crippen molar-refractivity contribution in [3.05, 3.63) is 64.7 Å². The van der Waals surface area contributed by atoms with Crippen molar-refractivity contribution in [3.63, 3.8) is 0 Å². The van der Waals surface area contributed by atoms with Gasteiger partial charge in [-0.25, -0.2) is 0 Å². The number of hydrogen-bond donors (Lipinski definition) is 0. The zero-order valence-corrected chi connectivity index (χ0v) is 16.5. The van der Waals surface area contributed by atoms with Gasteiger partial charge in [-0.15, -0.1) is 11.8 Å². The molecule has 0 bridgehead atoms. The van der Waals surface area contributed by atoms with E-state index in [1.807, 2.05) is 17.3 Å². The molecule has 0 saturated heterocycles. The Labute approximate surface area is 165 Å². The Bertz CT molecular complexity index is 1000. The molecule has 1 aliphatic heterocycles. The van der Waals surface area contributed by atoms with E-state index in [0.29, 0.717) is 5.25 Å². The summed E-state index contributed by atoms with van der Waals surface area (Å²) in [5, 5.41) is 3.44. The number of rotatable bonds is 2. The number of fused-ring (bicyclic) bond motifs is 4. The Balaban J connectivity index is 1.54. The minimum absolute atomic E-state index is 0.488. The predicted octanol–water partition coefficient (Wildman–Crippen LogP) is 6.73. The summed E-state index contributed by atoms with van der Waals surface area (Å²) in [4.78, 5) is 4.46. The van der Waals surface area contributed by atoms with Gasteiger partial charge >= 0.3 is 0 Å². The quantitative estimate of drug-likeness (QED) is 0.570. The minimum atomic E-state index is 0.488. The number of thioether (sulfide) groups is 1. The van der Waals surface area contributed by atoms with Crippen LogP contribution in [0.25, 0.3) is 16.3 Å². The van der Waals surface area contributed by atoms with Crippen LogP contribution in [0.3, 0.4) is 0 Å². The summed E-state index contributed by atoms with van der Waals surface area (Å²) in [5.41, 5.74) is 9.95. The Morgan fingerprint density at radius 3 is 2.81 bits per heavy atom. The number of allylic oxidation sites excluding steroid dienone is 4. The third kappa shape index (κ3) is 2.49. The molecule has 0 N–H and O–H groups in total. The summed E-state index contributed by atoms with van der Waals surface area (Å²) >= 11 is 1.87. The molecule has 1 nitrogen and oxygen atoms in total. The second kappa shape index (κ2) is 6.38. The SMILES string of the molecule is C1=CC2=C(CC1)C(C1CCC1)Cc1c2ccc2c(C3CN=CS3)cccc12. The second-order valence-electron chi connectivity index (χ2n) is 8.51. The van der Waals surface area contributed by atoms with Gasteiger partial charge < -0.3 is 0 Å². The molecular weight excluding hydrogens is 346 g/mol. The van der Waals surface area contributed by atoms with Crippen molar-refractivity contribution < 1.29 is 0 Å². The van der Waals surface area contributed by atoms with Crippen LogP contribution in [0.4, 0.5) is 0 Å². The van der Waals surface area contributed by atoms with E-state index in [4.69, 9.17) is 0 Å². The van der Waals surface area contributed by atoms with E-state index in [-0.39, 0.29) is 0 Å². The van der Waals surface area contributed by atoms with Crippen LogP contribution in [-0.2, 0) is 6.42 Å². The van der Waals surface area contributed by atoms with Gasteiger partial charge in [0, 0.05) is 0 Å². The smallest absolute Gasteiger partial charge is 0.0559 e. The van der Waals surface area contributed by atoms with Crippen molar-refractivity contribution in [2.24, 2.45) is 16.8 Å². The maximum absolute atomic E-state index is 4.46. The highest BCUT2D eigenvalue weighted by Crippen LogP contribution is 2.50. The van der Waals surface area contributed by atoms with Crippen LogP contribution in [0, 0.1) is 11.8 Å². The van der Waals surface area contributed by atoms with Crippen LogP contribution in [0.1, 0.15) is 54.0 Å². The lowest BCUT2D eigenvalue weighted by molar-refractivity contribution is 0.227. The van der Waals surface area contributed by atoms with Gasteiger partial charge in [0.15, 0.2) is 0 Å². The third-order valence-corrected chi connectivity index (χ3v) is 8.22. The monoisotopic (exact) mass is 371 g/mol. The second-order valence-corrected chi connectivity index (χ2v) is 9.56. The molecule has 27 heavy (non-hydrogen) atoms. The molecular formula is C25H25NS. The highest BCUT2D eigenvalue weighted by molar-refractivity contribution is 8.12. The molecule has 0 spiro atoms. The normalized spacial score (nSPS) is 27.0. The van der Waals surface area contributed by atoms with E-state index >= 15 is 0 Å². The molecule has 2 unspecified atom stereocenters. The Kier molecular flexibility index (Phi) is 3.82. The molecule has 6 rings (SSSR count). The number of aliphatic imine (C=N–C) groups is 1. The average molecular weight is 372 g/mol. The van der Waals surface area contributed by atoms with Crippen molar-refractivity contribution in [3.8, 4) is 0 Å². The first kappa shape index (κ1) is 16.2. The molecule has 2 aromatic rings. The summed E-state index contributed by atoms with van der Waals surface area (Å²) in [6.07, 6.45) is 12.9. The Morgan fingerprint density at radius 2 is 2.00 bits per heavy atom. The van der Waals surface area contributed by atoms with Crippen LogP contribution in [0.5, 0.6) is 0 Å². The fourth-order valence-corrected chi connectivity index (χ4v) is 6.48. The van der Waals surface area contributed by atoms with E-state index in [1.54, 1.807) is 16.7 Å². The van der Waals surface area contributed by atoms with Crippen LogP contribution in [0.2, 0.25) is 0 Å². The van der Waals surface area contributed by atoms with Gasteiger partial charge in [0.25, 0.3) is 0 Å². The van der Waals surface area contributed by atoms with Crippen LogP contribution < -0.4 is 0 Å². The molecule has 3 aliphatic carbocycles. The molecule has 2 atom stereocenters. The third-order valence-electron chi connectivity index (χ3n) is 7.22. The maximum atomic E-state index is 4.46. The highest BCUT2D eigenvalue weighted by Gasteiger charge is 2.36. The molecule has 1 heterocycles. The summed E-state index contributed by atoms with van der Waals surface area (Å²) in [5.74, 6) is 1.71. The summed E-state index contributed by atoms with van der Waals surface area (Å²) in [6, 6.07) is 11.8. The Hall–Kier alpha value is -1.80. The molecule has 1 saturated carbocycles. The number of benzene rings is 2. The van der Waals surface area contributed by atoms with Gasteiger partial charge in [-0.2, -0.15) is 0 Å². The standard InChI is InChI=1S/C25H25NS/c1-2-8-18-17(7-1)21-12-11-20-19(24(21)13-23(18)16-5-3-6-16)9-4-10-22(20)25-14-26-15-27-25/h1,4,7,9-12,15-16,23,25H,2-3,5-6,8,13-14H2. The van der Waals surface area contributed by atoms with Gasteiger partial charge in [-0.05, 0) is 77.0 Å². The predicted molar refractivity (Wildman–Crippen MR) is 117 cm³/mol. The fourth-order valence-electron chi connectivity index (χ4n) is 5.63. The lowest BCUT2D eigenvalue weighted by Gasteiger charge is -2.41. The van der Waals surface area contributed by atoms with Gasteiger partial charge in [0.2, 0.25) is 0 Å². The van der Waals surface area contributed by atoms with Crippen molar-refractivity contribution in [2.75, 3.05) is 6.54 Å². The van der Waals surface area contributed by atoms with Crippen LogP contribution >= 0.6 is 11.8 Å². The van der Waals surface area contributed by atoms with Crippen molar-refractivity contribution in [1.29, 1.82) is 0 Å². The van der Waals surface area contributed by atoms with E-state index in [0.717, 1.165) is 18.4 Å². The Morgan fingerprint density at radius 1 is 1.04 bits per heavy atom. The molecule has 2 heteroatoms. The van der Waals surface area contributed by atoms with Gasteiger partial charge in [0.05, 0.1) is 17.3 Å². The molecule has 0 radical (unpaired) electrons. The summed E-state index contributed by atoms with van der Waals surface area (Å²) in [7, 11) is 0. The van der Waals surface area contributed by atoms with E-state index in [1.165, 1.54) is 60.4 Å². The van der Waals surface area contributed by atoms with Crippen molar-refractivity contribution in [2.45, 2.75) is 43.8 Å². The maximum Gasteiger partial charge on any atom is 0.0559 e. The molecule has 2 aromatic carbocycles. The van der Waals surface area contributed by atoms with Gasteiger partial charge in [-0.1, -0.05) is 54.5 Å². The molecule has 1 fully saturated rings. The van der Waals surface area contributed by atoms with Crippen molar-refractivity contribution >= 4 is 33.7 Å². The average Bonchev–Trinajstić information content (AvgIpc) is 3.21. The molecule has 0 amide bonds. The first-order chi connectivity index (χ1) is 13.4. The van der Waals surface area contributed by atoms with Crippen LogP contribution in [-0.4, -0.2) is 12.1 Å². The summed E-state index contributed by atoms with van der Waals surface area (Å²) in [6.45, 7) is 0.920. The number of hydrogen-bond acceptors (Lipinski definition) is 2. The first-order valence-electron chi connectivity index (χ1n) is 10.5. The molecule has 4 aliphatic rings. The molecule has 0 aromatic heterocycles. The first-order valence-corrected chi connectivity index (χ1v) is 11.4. The van der Waals surface area contributed by atoms with E-state index in [2.05, 4.69) is 47.5 Å². The topological polar surface area (TPSA) is 12.4 Å². The van der Waals surface area contributed by atoms with Crippen molar-refractivity contribution in [1.82, 2.24) is 0 Å². The number of nitrogens with zero attached hydrogens (tertiary/aromatic N) is 1. The van der Waals surface area contributed by atoms with E-state index < -0.39 is 0 Å². The molecule has 136 valence electrons. The highest BCUT2D eigenvalue weighted by atomic mass is 32.2. The summed E-state index contributed by atoms with van der Waals surface area (Å²) < 4.78 is 0. The fraction of sp³-hybridized carbons (Fsp3) is 0.400. The van der Waals surface area contributed by atoms with Crippen LogP contribution in [0.15, 0.2) is 53.0 Å². The van der Waals surface area contributed by atoms with Gasteiger partial charge in [0.1, 0.15) is 0 Å². The van der Waals surface area contributed by atoms with Gasteiger partial charge in [-0.3, -0.25) is 4.99 Å². The zero-order chi connectivity index (χ0) is 17.8.